The van der Waals surface area contributed by atoms with Crippen molar-refractivity contribution in [3.63, 3.8) is 0 Å². The third-order valence-corrected chi connectivity index (χ3v) is 15.3. The molecule has 0 radical (unpaired) electrons. The van der Waals surface area contributed by atoms with Gasteiger partial charge < -0.3 is 88.9 Å². The maximum Gasteiger partial charge on any atom is 0.508 e. The van der Waals surface area contributed by atoms with Gasteiger partial charge in [-0.05, 0) is 32.1 Å². The minimum atomic E-state index is -2.17. The smallest absolute Gasteiger partial charge is 0.507 e. The first-order valence-electron chi connectivity index (χ1n) is 25.6. The van der Waals surface area contributed by atoms with Gasteiger partial charge in [0.15, 0.2) is 35.4 Å². The van der Waals surface area contributed by atoms with E-state index in [-0.39, 0.29) is 55.8 Å². The number of allylic oxidation sites excluding steroid dienone is 2. The minimum absolute atomic E-state index is 0.0437. The van der Waals surface area contributed by atoms with E-state index in [1.54, 1.807) is 33.8 Å². The number of benzene rings is 2. The van der Waals surface area contributed by atoms with Crippen molar-refractivity contribution < 1.29 is 106 Å². The van der Waals surface area contributed by atoms with Crippen LogP contribution in [0.2, 0.25) is 0 Å². The zero-order valence-corrected chi connectivity index (χ0v) is 48.6. The van der Waals surface area contributed by atoms with Crippen LogP contribution in [0.4, 0.5) is 10.5 Å². The first-order valence-corrected chi connectivity index (χ1v) is 27.0. The Bertz CT molecular complexity index is 2840. The molecule has 4 aliphatic rings. The van der Waals surface area contributed by atoms with E-state index >= 15 is 0 Å². The average Bonchev–Trinajstić information content (AvgIpc) is 3.41. The maximum absolute atomic E-state index is 14.7. The number of carbonyl (C=O) groups excluding carboxylic acids is 7. The van der Waals surface area contributed by atoms with Crippen LogP contribution in [0.1, 0.15) is 85.2 Å². The number of anilines is 1. The molecule has 2 aromatic rings. The zero-order valence-electron chi connectivity index (χ0n) is 47.0. The lowest BCUT2D eigenvalue weighted by atomic mass is 9.78. The van der Waals surface area contributed by atoms with Crippen molar-refractivity contribution in [3.8, 4) is 23.0 Å². The highest BCUT2D eigenvalue weighted by Gasteiger charge is 2.54. The standard InChI is InChI=1S/C54H71N3O22S2/c1-22-15-14-16-23(2)50(68)56-37-41(65)35-34(36-44(27(6)40(35)64)79-54(11,49(36)67)73-19-17-32(70-12)24(3)43(74-29(8)59)26(5)39(63)25(4)38(22)62)42(66)48(37)81-20-18-55-52(80)57-51-47(76-31(10)61)46(78-53(69)71-13)45(75-30(9)60)33(77-51)21-72-28(7)58/h14-17,19,22,24-26,32-33,38-39,43,45-47,51,62-66H,18,20-21H2,1-13H3,(H,56,68)(H2,55,57,80)/b15-14+,19-17+,23-16-/t22-,24+,25-,26-,32+,33-,38+,39+,43-,45-,46+,47-,51?,54+/m1/s1. The van der Waals surface area contributed by atoms with Crippen molar-refractivity contribution >= 4 is 87.3 Å². The molecular formula is C54H71N3O22S2. The van der Waals surface area contributed by atoms with Crippen LogP contribution in [-0.4, -0.2) is 166 Å². The molecule has 25 nitrogen and oxygen atoms in total. The number of rotatable bonds is 12. The molecule has 446 valence electrons. The summed E-state index contributed by atoms with van der Waals surface area (Å²) in [6.07, 6.45) is -5.86. The highest BCUT2D eigenvalue weighted by atomic mass is 32.2. The summed E-state index contributed by atoms with van der Waals surface area (Å²) in [5.74, 6) is -12.1. The van der Waals surface area contributed by atoms with E-state index in [4.69, 9.17) is 54.8 Å². The molecule has 8 N–H and O–H groups in total. The number of esters is 4. The summed E-state index contributed by atoms with van der Waals surface area (Å²) in [7, 11) is 2.40. The van der Waals surface area contributed by atoms with Gasteiger partial charge in [0, 0.05) is 94.2 Å². The number of thioether (sulfide) groups is 1. The first kappa shape index (κ1) is 64.9. The van der Waals surface area contributed by atoms with Crippen LogP contribution in [0.3, 0.4) is 0 Å². The number of ketones is 1. The summed E-state index contributed by atoms with van der Waals surface area (Å²) in [5, 5.41) is 66.8. The quantitative estimate of drug-likeness (QED) is 0.0273. The maximum atomic E-state index is 14.7. The SMILES string of the molecule is COC(=O)O[C@H]1[C@H](OC(C)=O)[C@@H](COC(C)=O)OC(NC(=S)NCCSc2c3c(O)c4c(O)c(C)c5c(c4c2O)C(=O)[C@@](C)(O/C=C/[C@H](OC)[C@H](C)[C@@H](OC(C)=O)[C@H](C)[C@@H](O)[C@H](C)[C@@H](O)[C@H](C)/C=C/C=C(/C)C(=O)N3)O5)[C@@H]1OC(C)=O. The number of fused-ring (bicyclic) bond motifs is 14. The zero-order chi connectivity index (χ0) is 60.5. The molecule has 2 aromatic carbocycles. The van der Waals surface area contributed by atoms with E-state index in [9.17, 15) is 59.1 Å². The Labute approximate surface area is 476 Å². The van der Waals surface area contributed by atoms with E-state index in [1.165, 1.54) is 53.0 Å². The number of thiocarbonyl (C=S) groups is 1. The number of methoxy groups -OCH3 is 2. The summed E-state index contributed by atoms with van der Waals surface area (Å²) >= 11 is 6.43. The van der Waals surface area contributed by atoms with Crippen LogP contribution in [0, 0.1) is 30.6 Å². The van der Waals surface area contributed by atoms with Crippen molar-refractivity contribution in [2.24, 2.45) is 23.7 Å². The molecule has 0 aliphatic carbocycles. The van der Waals surface area contributed by atoms with Gasteiger partial charge in [-0.2, -0.15) is 0 Å². The normalized spacial score (nSPS) is 30.3. The van der Waals surface area contributed by atoms with Crippen molar-refractivity contribution in [2.75, 3.05) is 38.4 Å². The molecule has 1 amide bonds. The molecule has 4 aliphatic heterocycles. The fourth-order valence-electron chi connectivity index (χ4n) is 9.65. The molecule has 0 aromatic heterocycles. The molecule has 14 atom stereocenters. The molecular weight excluding hydrogens is 1110 g/mol. The Balaban J connectivity index is 1.56. The summed E-state index contributed by atoms with van der Waals surface area (Å²) in [4.78, 5) is 90.1. The number of phenolic OH excluding ortho intramolecular Hbond substituents is 3. The number of nitrogens with one attached hydrogen (secondary N) is 3. The van der Waals surface area contributed by atoms with Gasteiger partial charge >= 0.3 is 35.8 Å². The number of hydrogen-bond donors (Lipinski definition) is 8. The fraction of sp³-hybridized carbons (Fsp3) is 0.556. The van der Waals surface area contributed by atoms with Crippen molar-refractivity contribution in [1.29, 1.82) is 0 Å². The van der Waals surface area contributed by atoms with Crippen LogP contribution in [0.25, 0.3) is 10.8 Å². The van der Waals surface area contributed by atoms with Gasteiger partial charge in [0.25, 0.3) is 11.7 Å². The predicted molar refractivity (Wildman–Crippen MR) is 292 cm³/mol. The van der Waals surface area contributed by atoms with E-state index in [1.807, 2.05) is 0 Å². The number of phenols is 3. The lowest BCUT2D eigenvalue weighted by Gasteiger charge is -2.44. The van der Waals surface area contributed by atoms with Gasteiger partial charge in [0.2, 0.25) is 0 Å². The Morgan fingerprint density at radius 1 is 0.790 bits per heavy atom. The third kappa shape index (κ3) is 15.0. The minimum Gasteiger partial charge on any atom is -0.507 e. The average molecular weight is 1180 g/mol. The molecule has 1 unspecified atom stereocenters. The van der Waals surface area contributed by atoms with E-state index < -0.39 is 155 Å². The first-order chi connectivity index (χ1) is 38.0. The summed E-state index contributed by atoms with van der Waals surface area (Å²) in [5.41, 5.74) is -0.657. The lowest BCUT2D eigenvalue weighted by molar-refractivity contribution is -0.250. The Kier molecular flexibility index (Phi) is 22.2. The van der Waals surface area contributed by atoms with Crippen molar-refractivity contribution in [1.82, 2.24) is 10.6 Å². The van der Waals surface area contributed by atoms with Gasteiger partial charge in [-0.25, -0.2) is 4.79 Å². The molecule has 81 heavy (non-hydrogen) atoms. The number of amides is 1. The number of Topliss-reactive ketones (excluding diaryl/α,β-unsaturated/α-hetero) is 1. The van der Waals surface area contributed by atoms with Gasteiger partial charge in [-0.1, -0.05) is 45.9 Å². The second-order valence-corrected chi connectivity index (χ2v) is 21.4. The highest BCUT2D eigenvalue weighted by molar-refractivity contribution is 7.99. The topological polar surface area (TPSA) is 349 Å². The molecule has 1 fully saturated rings. The second kappa shape index (κ2) is 27.7. The van der Waals surface area contributed by atoms with Crippen molar-refractivity contribution in [3.05, 3.63) is 47.3 Å². The van der Waals surface area contributed by atoms with Crippen LogP contribution < -0.4 is 20.7 Å². The van der Waals surface area contributed by atoms with E-state index in [2.05, 4.69) is 20.7 Å². The molecule has 1 saturated heterocycles. The molecule has 0 spiro atoms. The number of hydrogen-bond acceptors (Lipinski definition) is 24. The predicted octanol–water partition coefficient (Wildman–Crippen LogP) is 4.61. The van der Waals surface area contributed by atoms with Crippen LogP contribution in [0.15, 0.2) is 41.0 Å². The van der Waals surface area contributed by atoms with Gasteiger partial charge in [-0.3, -0.25) is 28.8 Å². The van der Waals surface area contributed by atoms with Crippen LogP contribution in [-0.2, 0) is 66.6 Å². The number of aromatic hydroxyl groups is 3. The number of carbonyl (C=O) groups is 7. The number of aliphatic hydroxyl groups excluding tert-OH is 2. The number of ether oxygens (including phenoxy) is 10. The largest absolute Gasteiger partial charge is 0.508 e. The third-order valence-electron chi connectivity index (χ3n) is 13.9. The van der Waals surface area contributed by atoms with E-state index in [0.717, 1.165) is 45.9 Å². The summed E-state index contributed by atoms with van der Waals surface area (Å²) < 4.78 is 55.9. The number of aliphatic hydroxyl groups is 2. The Morgan fingerprint density at radius 2 is 1.42 bits per heavy atom. The highest BCUT2D eigenvalue weighted by Crippen LogP contribution is 2.57. The molecule has 4 heterocycles. The summed E-state index contributed by atoms with van der Waals surface area (Å²) in [6.45, 7) is 14.7. The molecule has 5 bridgehead atoms. The van der Waals surface area contributed by atoms with Gasteiger partial charge in [0.05, 0.1) is 47.5 Å². The fourth-order valence-corrected chi connectivity index (χ4v) is 10.8. The molecule has 0 saturated carbocycles. The lowest BCUT2D eigenvalue weighted by Crippen LogP contribution is -2.66. The van der Waals surface area contributed by atoms with Crippen LogP contribution >= 0.6 is 24.0 Å². The van der Waals surface area contributed by atoms with Gasteiger partial charge in [-0.15, -0.1) is 11.8 Å². The van der Waals surface area contributed by atoms with Crippen molar-refractivity contribution in [2.45, 2.75) is 142 Å². The Hall–Kier alpha value is -6.91. The molecule has 27 heteroatoms. The monoisotopic (exact) mass is 1180 g/mol. The Morgan fingerprint density at radius 3 is 2.02 bits per heavy atom. The van der Waals surface area contributed by atoms with Gasteiger partial charge in [0.1, 0.15) is 41.8 Å². The van der Waals surface area contributed by atoms with E-state index in [0.29, 0.717) is 0 Å². The molecule has 6 rings (SSSR count). The summed E-state index contributed by atoms with van der Waals surface area (Å²) in [6, 6.07) is 0. The van der Waals surface area contributed by atoms with Crippen LogP contribution in [0.5, 0.6) is 23.0 Å². The second-order valence-electron chi connectivity index (χ2n) is 19.9.